The van der Waals surface area contributed by atoms with Gasteiger partial charge >= 0.3 is 0 Å². The Kier molecular flexibility index (Phi) is 9.57. The van der Waals surface area contributed by atoms with Gasteiger partial charge in [-0.2, -0.15) is 0 Å². The quantitative estimate of drug-likeness (QED) is 0.359. The van der Waals surface area contributed by atoms with Crippen LogP contribution in [-0.2, 0) is 0 Å². The lowest BCUT2D eigenvalue weighted by atomic mass is 9.84. The number of hydrogen-bond acceptors (Lipinski definition) is 3. The van der Waals surface area contributed by atoms with Gasteiger partial charge in [-0.25, -0.2) is 0 Å². The molecular formula is C34H46N2O2. The largest absolute Gasteiger partial charge is 0.464 e. The van der Waals surface area contributed by atoms with E-state index in [1.165, 1.54) is 120 Å². The molecule has 2 heterocycles. The Balaban J connectivity index is 0.000000170. The summed E-state index contributed by atoms with van der Waals surface area (Å²) < 4.78 is 5.74. The van der Waals surface area contributed by atoms with Crippen LogP contribution in [0, 0.1) is 5.92 Å². The number of hydrogen-bond donors (Lipinski definition) is 1. The summed E-state index contributed by atoms with van der Waals surface area (Å²) in [7, 11) is 0. The fourth-order valence-corrected chi connectivity index (χ4v) is 6.98. The maximum absolute atomic E-state index is 10.9. The van der Waals surface area contributed by atoms with Crippen LogP contribution in [0.3, 0.4) is 0 Å². The summed E-state index contributed by atoms with van der Waals surface area (Å²) in [6, 6.07) is 16.3. The van der Waals surface area contributed by atoms with Crippen LogP contribution in [0.15, 0.2) is 59.2 Å². The smallest absolute Gasteiger partial charge is 0.248 e. The first-order chi connectivity index (χ1) is 18.7. The van der Waals surface area contributed by atoms with Crippen molar-refractivity contribution < 1.29 is 9.21 Å². The van der Waals surface area contributed by atoms with Gasteiger partial charge in [0.25, 0.3) is 0 Å². The molecule has 1 saturated heterocycles. The maximum Gasteiger partial charge on any atom is 0.248 e. The van der Waals surface area contributed by atoms with Gasteiger partial charge in [0.2, 0.25) is 5.91 Å². The number of furan rings is 1. The van der Waals surface area contributed by atoms with Crippen LogP contribution in [0.4, 0.5) is 0 Å². The van der Waals surface area contributed by atoms with Crippen molar-refractivity contribution in [3.8, 4) is 0 Å². The highest BCUT2D eigenvalue weighted by atomic mass is 16.3. The average molecular weight is 515 g/mol. The van der Waals surface area contributed by atoms with Crippen molar-refractivity contribution in [2.24, 2.45) is 11.7 Å². The Morgan fingerprint density at radius 2 is 1.45 bits per heavy atom. The molecule has 1 aliphatic heterocycles. The molecule has 0 radical (unpaired) electrons. The Labute approximate surface area is 229 Å². The zero-order valence-electron chi connectivity index (χ0n) is 23.1. The number of piperidine rings is 1. The summed E-state index contributed by atoms with van der Waals surface area (Å²) >= 11 is 0. The van der Waals surface area contributed by atoms with Crippen LogP contribution >= 0.6 is 0 Å². The van der Waals surface area contributed by atoms with Crippen LogP contribution in [0.1, 0.15) is 117 Å². The van der Waals surface area contributed by atoms with Gasteiger partial charge in [-0.05, 0) is 93.3 Å². The van der Waals surface area contributed by atoms with Gasteiger partial charge in [0.05, 0.1) is 6.26 Å². The number of primary amides is 1. The lowest BCUT2D eigenvalue weighted by molar-refractivity contribution is 0.1000. The number of para-hydroxylation sites is 1. The lowest BCUT2D eigenvalue weighted by Gasteiger charge is -2.33. The molecule has 38 heavy (non-hydrogen) atoms. The molecule has 2 saturated carbocycles. The van der Waals surface area contributed by atoms with Crippen molar-refractivity contribution in [2.75, 3.05) is 19.6 Å². The Morgan fingerprint density at radius 1 is 0.789 bits per heavy atom. The van der Waals surface area contributed by atoms with Gasteiger partial charge in [0, 0.05) is 16.5 Å². The van der Waals surface area contributed by atoms with Crippen molar-refractivity contribution in [1.82, 2.24) is 4.90 Å². The normalized spacial score (nSPS) is 20.2. The van der Waals surface area contributed by atoms with Crippen LogP contribution in [-0.4, -0.2) is 30.4 Å². The fourth-order valence-electron chi connectivity index (χ4n) is 6.98. The van der Waals surface area contributed by atoms with E-state index in [0.29, 0.717) is 17.4 Å². The van der Waals surface area contributed by atoms with E-state index in [0.717, 1.165) is 11.5 Å². The molecule has 6 rings (SSSR count). The van der Waals surface area contributed by atoms with Crippen molar-refractivity contribution in [1.29, 1.82) is 0 Å². The van der Waals surface area contributed by atoms with Gasteiger partial charge in [-0.1, -0.05) is 81.7 Å². The molecule has 0 unspecified atom stereocenters. The third kappa shape index (κ3) is 7.08. The summed E-state index contributed by atoms with van der Waals surface area (Å²) in [6.07, 6.45) is 20.0. The Hall–Kier alpha value is -2.59. The zero-order chi connectivity index (χ0) is 26.2. The van der Waals surface area contributed by atoms with E-state index in [9.17, 15) is 4.79 Å². The minimum atomic E-state index is -0.342. The lowest BCUT2D eigenvalue weighted by Crippen LogP contribution is -2.34. The summed E-state index contributed by atoms with van der Waals surface area (Å²) in [4.78, 5) is 13.6. The number of carbonyl (C=O) groups excluding carboxylic acids is 1. The number of likely N-dealkylation sites (tertiary alicyclic amines) is 1. The van der Waals surface area contributed by atoms with Crippen LogP contribution in [0.25, 0.3) is 11.0 Å². The minimum Gasteiger partial charge on any atom is -0.464 e. The van der Waals surface area contributed by atoms with E-state index in [-0.39, 0.29) is 5.91 Å². The highest BCUT2D eigenvalue weighted by Crippen LogP contribution is 2.35. The monoisotopic (exact) mass is 514 g/mol. The number of nitrogens with two attached hydrogens (primary N) is 1. The molecule has 3 fully saturated rings. The molecule has 3 aromatic rings. The maximum atomic E-state index is 10.9. The predicted octanol–water partition coefficient (Wildman–Crippen LogP) is 8.42. The van der Waals surface area contributed by atoms with Gasteiger partial charge in [-0.15, -0.1) is 0 Å². The molecular weight excluding hydrogens is 468 g/mol. The van der Waals surface area contributed by atoms with Gasteiger partial charge < -0.3 is 15.1 Å². The van der Waals surface area contributed by atoms with Crippen molar-refractivity contribution in [2.45, 2.75) is 95.3 Å². The summed E-state index contributed by atoms with van der Waals surface area (Å²) in [5.74, 6) is 2.05. The Bertz CT molecular complexity index is 1130. The highest BCUT2D eigenvalue weighted by Gasteiger charge is 2.24. The molecule has 0 atom stereocenters. The molecule has 0 spiro atoms. The van der Waals surface area contributed by atoms with E-state index in [2.05, 4.69) is 41.3 Å². The molecule has 3 aliphatic rings. The first-order valence-electron chi connectivity index (χ1n) is 15.3. The van der Waals surface area contributed by atoms with E-state index < -0.39 is 0 Å². The molecule has 4 nitrogen and oxygen atoms in total. The number of fused-ring (bicyclic) bond motifs is 1. The third-order valence-corrected chi connectivity index (χ3v) is 9.39. The van der Waals surface area contributed by atoms with Crippen LogP contribution in [0.5, 0.6) is 0 Å². The number of nitrogens with zero attached hydrogens (tertiary/aromatic N) is 1. The first-order valence-corrected chi connectivity index (χ1v) is 15.3. The molecule has 1 amide bonds. The second kappa shape index (κ2) is 13.5. The van der Waals surface area contributed by atoms with Gasteiger partial charge in [0.15, 0.2) is 0 Å². The minimum absolute atomic E-state index is 0.342. The number of rotatable bonds is 6. The standard InChI is InChI=1S/C21H29NO.C13H17NO/c1-2-6-17(7-3-1)10-13-22-14-11-18(12-15-22)20-16-23-21-9-5-4-8-19(20)21;14-13(15)12-8-6-11(7-9-12)10-4-2-1-3-5-10/h4-5,8-9,16-18H,1-3,6-7,10-15H2;6-10H,1-5H2,(H2,14,15). The topological polar surface area (TPSA) is 59.5 Å². The number of carbonyl (C=O) groups is 1. The second-order valence-electron chi connectivity index (χ2n) is 11.9. The molecule has 4 heteroatoms. The highest BCUT2D eigenvalue weighted by molar-refractivity contribution is 5.92. The fraction of sp³-hybridized carbons (Fsp3) is 0.559. The summed E-state index contributed by atoms with van der Waals surface area (Å²) in [5.41, 5.74) is 9.65. The third-order valence-electron chi connectivity index (χ3n) is 9.39. The first kappa shape index (κ1) is 27.0. The van der Waals surface area contributed by atoms with E-state index in [1.54, 1.807) is 0 Å². The summed E-state index contributed by atoms with van der Waals surface area (Å²) in [5, 5.41) is 1.33. The van der Waals surface area contributed by atoms with E-state index in [4.69, 9.17) is 10.2 Å². The van der Waals surface area contributed by atoms with Gasteiger partial charge in [0.1, 0.15) is 5.58 Å². The van der Waals surface area contributed by atoms with Crippen LogP contribution < -0.4 is 5.73 Å². The van der Waals surface area contributed by atoms with Crippen molar-refractivity contribution in [3.63, 3.8) is 0 Å². The van der Waals surface area contributed by atoms with Crippen molar-refractivity contribution >= 4 is 16.9 Å². The zero-order valence-corrected chi connectivity index (χ0v) is 23.1. The molecule has 1 aromatic heterocycles. The molecule has 2 N–H and O–H groups in total. The molecule has 204 valence electrons. The van der Waals surface area contributed by atoms with Crippen LogP contribution in [0.2, 0.25) is 0 Å². The summed E-state index contributed by atoms with van der Waals surface area (Å²) in [6.45, 7) is 3.84. The Morgan fingerprint density at radius 3 is 2.13 bits per heavy atom. The SMILES string of the molecule is NC(=O)c1ccc(C2CCCCC2)cc1.c1ccc2c(C3CCN(CCC4CCCCC4)CC3)coc2c1. The van der Waals surface area contributed by atoms with E-state index in [1.807, 2.05) is 18.4 Å². The molecule has 2 aliphatic carbocycles. The van der Waals surface area contributed by atoms with E-state index >= 15 is 0 Å². The number of amides is 1. The number of benzene rings is 2. The van der Waals surface area contributed by atoms with Gasteiger partial charge in [-0.3, -0.25) is 4.79 Å². The predicted molar refractivity (Wildman–Crippen MR) is 157 cm³/mol. The molecule has 0 bridgehead atoms. The second-order valence-corrected chi connectivity index (χ2v) is 11.9. The molecule has 2 aromatic carbocycles. The average Bonchev–Trinajstić information content (AvgIpc) is 3.42. The van der Waals surface area contributed by atoms with Crippen molar-refractivity contribution in [3.05, 3.63) is 71.5 Å².